The number of hydrogen-bond acceptors (Lipinski definition) is 4. The summed E-state index contributed by atoms with van der Waals surface area (Å²) in [6.45, 7) is 8.90. The average Bonchev–Trinajstić information content (AvgIpc) is 2.69. The topological polar surface area (TPSA) is 28.2 Å². The van der Waals surface area contributed by atoms with Crippen molar-refractivity contribution in [3.05, 3.63) is 16.6 Å². The Hall–Kier alpha value is -0.450. The van der Waals surface area contributed by atoms with Gasteiger partial charge in [0, 0.05) is 18.0 Å². The van der Waals surface area contributed by atoms with Crippen LogP contribution in [0.3, 0.4) is 0 Å². The lowest BCUT2D eigenvalue weighted by atomic mass is 9.85. The Bertz CT molecular complexity index is 303. The molecular weight excluding hydrogens is 230 g/mol. The zero-order valence-electron chi connectivity index (χ0n) is 11.7. The zero-order chi connectivity index (χ0) is 12.9. The molecule has 1 unspecified atom stereocenters. The van der Waals surface area contributed by atoms with Crippen molar-refractivity contribution in [3.63, 3.8) is 0 Å². The first-order valence-corrected chi connectivity index (χ1v) is 7.10. The van der Waals surface area contributed by atoms with E-state index in [1.165, 1.54) is 12.1 Å². The van der Waals surface area contributed by atoms with Gasteiger partial charge in [-0.05, 0) is 32.5 Å². The van der Waals surface area contributed by atoms with Crippen molar-refractivity contribution >= 4 is 11.3 Å². The fourth-order valence-corrected chi connectivity index (χ4v) is 2.58. The van der Waals surface area contributed by atoms with Crippen LogP contribution < -0.4 is 5.32 Å². The summed E-state index contributed by atoms with van der Waals surface area (Å²) >= 11 is 1.66. The minimum absolute atomic E-state index is 0.316. The molecule has 1 aromatic heterocycles. The van der Waals surface area contributed by atoms with E-state index in [2.05, 4.69) is 55.4 Å². The molecule has 0 saturated carbocycles. The fraction of sp³-hybridized carbons (Fsp3) is 0.769. The Morgan fingerprint density at radius 1 is 1.47 bits per heavy atom. The van der Waals surface area contributed by atoms with Gasteiger partial charge in [-0.25, -0.2) is 4.98 Å². The number of aromatic nitrogens is 1. The Morgan fingerprint density at radius 2 is 2.18 bits per heavy atom. The molecule has 1 N–H and O–H groups in total. The average molecular weight is 255 g/mol. The molecule has 0 bridgehead atoms. The largest absolute Gasteiger partial charge is 0.316 e. The molecule has 3 nitrogen and oxygen atoms in total. The van der Waals surface area contributed by atoms with E-state index in [-0.39, 0.29) is 0 Å². The zero-order valence-corrected chi connectivity index (χ0v) is 12.5. The summed E-state index contributed by atoms with van der Waals surface area (Å²) in [5.41, 5.74) is 3.39. The normalized spacial score (nSPS) is 14.2. The highest BCUT2D eigenvalue weighted by Gasteiger charge is 2.22. The van der Waals surface area contributed by atoms with Gasteiger partial charge in [0.15, 0.2) is 0 Å². The minimum atomic E-state index is 0.316. The summed E-state index contributed by atoms with van der Waals surface area (Å²) in [5, 5.41) is 5.54. The van der Waals surface area contributed by atoms with Crippen LogP contribution in [0.1, 0.15) is 32.9 Å². The predicted molar refractivity (Wildman–Crippen MR) is 75.4 cm³/mol. The van der Waals surface area contributed by atoms with E-state index in [1.54, 1.807) is 11.3 Å². The Morgan fingerprint density at radius 3 is 2.65 bits per heavy atom. The van der Waals surface area contributed by atoms with Gasteiger partial charge in [-0.3, -0.25) is 0 Å². The third-order valence-corrected chi connectivity index (χ3v) is 3.74. The summed E-state index contributed by atoms with van der Waals surface area (Å²) in [7, 11) is 4.21. The summed E-state index contributed by atoms with van der Waals surface area (Å²) in [4.78, 5) is 6.65. The molecule has 0 amide bonds. The summed E-state index contributed by atoms with van der Waals surface area (Å²) in [6, 6.07) is 0.556. The van der Waals surface area contributed by atoms with E-state index >= 15 is 0 Å². The molecule has 4 heteroatoms. The third-order valence-electron chi connectivity index (χ3n) is 3.11. The van der Waals surface area contributed by atoms with Crippen molar-refractivity contribution in [2.75, 3.05) is 20.6 Å². The first kappa shape index (κ1) is 14.6. The second kappa shape index (κ2) is 6.47. The van der Waals surface area contributed by atoms with Gasteiger partial charge < -0.3 is 10.2 Å². The number of nitrogens with one attached hydrogen (secondary N) is 1. The van der Waals surface area contributed by atoms with Crippen LogP contribution in [0.4, 0.5) is 0 Å². The molecule has 0 saturated heterocycles. The second-order valence-corrected chi connectivity index (χ2v) is 6.43. The maximum Gasteiger partial charge on any atom is 0.0795 e. The predicted octanol–water partition coefficient (Wildman–Crippen LogP) is 2.60. The molecule has 1 rings (SSSR count). The molecule has 0 spiro atoms. The SMILES string of the molecule is CNC(CCN(C)Cc1cscn1)C(C)(C)C. The number of rotatable bonds is 6. The summed E-state index contributed by atoms with van der Waals surface area (Å²) < 4.78 is 0. The highest BCUT2D eigenvalue weighted by molar-refractivity contribution is 7.07. The quantitative estimate of drug-likeness (QED) is 0.847. The van der Waals surface area contributed by atoms with Gasteiger partial charge in [0.2, 0.25) is 0 Å². The van der Waals surface area contributed by atoms with Crippen LogP contribution in [-0.2, 0) is 6.54 Å². The molecule has 98 valence electrons. The van der Waals surface area contributed by atoms with Crippen molar-refractivity contribution in [3.8, 4) is 0 Å². The molecule has 1 heterocycles. The van der Waals surface area contributed by atoms with E-state index in [1.807, 2.05) is 5.51 Å². The number of nitrogens with zero attached hydrogens (tertiary/aromatic N) is 2. The van der Waals surface area contributed by atoms with E-state index in [0.29, 0.717) is 11.5 Å². The number of thiazole rings is 1. The van der Waals surface area contributed by atoms with Crippen LogP contribution in [0.5, 0.6) is 0 Å². The third kappa shape index (κ3) is 5.15. The molecule has 0 aliphatic heterocycles. The van der Waals surface area contributed by atoms with Crippen LogP contribution in [-0.4, -0.2) is 36.6 Å². The Kier molecular flexibility index (Phi) is 5.56. The lowest BCUT2D eigenvalue weighted by Crippen LogP contribution is -2.40. The van der Waals surface area contributed by atoms with E-state index in [9.17, 15) is 0 Å². The molecule has 0 aromatic carbocycles. The van der Waals surface area contributed by atoms with E-state index < -0.39 is 0 Å². The van der Waals surface area contributed by atoms with Crippen LogP contribution in [0.25, 0.3) is 0 Å². The van der Waals surface area contributed by atoms with Crippen LogP contribution in [0, 0.1) is 5.41 Å². The molecular formula is C13H25N3S. The highest BCUT2D eigenvalue weighted by Crippen LogP contribution is 2.21. The number of hydrogen-bond donors (Lipinski definition) is 1. The van der Waals surface area contributed by atoms with Crippen molar-refractivity contribution < 1.29 is 0 Å². The van der Waals surface area contributed by atoms with Gasteiger partial charge in [-0.15, -0.1) is 11.3 Å². The van der Waals surface area contributed by atoms with Gasteiger partial charge in [0.1, 0.15) is 0 Å². The second-order valence-electron chi connectivity index (χ2n) is 5.71. The first-order valence-electron chi connectivity index (χ1n) is 6.16. The first-order chi connectivity index (χ1) is 7.93. The molecule has 0 aliphatic rings. The van der Waals surface area contributed by atoms with Gasteiger partial charge in [-0.2, -0.15) is 0 Å². The van der Waals surface area contributed by atoms with Crippen molar-refractivity contribution in [1.82, 2.24) is 15.2 Å². The van der Waals surface area contributed by atoms with Gasteiger partial charge in [0.05, 0.1) is 11.2 Å². The highest BCUT2D eigenvalue weighted by atomic mass is 32.1. The Balaban J connectivity index is 2.34. The minimum Gasteiger partial charge on any atom is -0.316 e. The molecule has 0 radical (unpaired) electrons. The summed E-state index contributed by atoms with van der Waals surface area (Å²) in [6.07, 6.45) is 1.17. The smallest absolute Gasteiger partial charge is 0.0795 e. The maximum atomic E-state index is 4.31. The van der Waals surface area contributed by atoms with E-state index in [0.717, 1.165) is 13.1 Å². The lowest BCUT2D eigenvalue weighted by Gasteiger charge is -2.31. The monoisotopic (exact) mass is 255 g/mol. The molecule has 1 aromatic rings. The van der Waals surface area contributed by atoms with Gasteiger partial charge >= 0.3 is 0 Å². The van der Waals surface area contributed by atoms with Gasteiger partial charge in [0.25, 0.3) is 0 Å². The van der Waals surface area contributed by atoms with E-state index in [4.69, 9.17) is 0 Å². The van der Waals surface area contributed by atoms with Gasteiger partial charge in [-0.1, -0.05) is 20.8 Å². The lowest BCUT2D eigenvalue weighted by molar-refractivity contribution is 0.226. The molecule has 17 heavy (non-hydrogen) atoms. The molecule has 0 fully saturated rings. The van der Waals surface area contributed by atoms with Crippen molar-refractivity contribution in [2.24, 2.45) is 5.41 Å². The maximum absolute atomic E-state index is 4.31. The fourth-order valence-electron chi connectivity index (χ4n) is 2.03. The molecule has 0 aliphatic carbocycles. The standard InChI is InChI=1S/C13H25N3S/c1-13(2,3)12(14-4)6-7-16(5)8-11-9-17-10-15-11/h9-10,12,14H,6-8H2,1-5H3. The molecule has 1 atom stereocenters. The summed E-state index contributed by atoms with van der Waals surface area (Å²) in [5.74, 6) is 0. The Labute approximate surface area is 109 Å². The van der Waals surface area contributed by atoms with Crippen LogP contribution >= 0.6 is 11.3 Å². The van der Waals surface area contributed by atoms with Crippen LogP contribution in [0.15, 0.2) is 10.9 Å². The van der Waals surface area contributed by atoms with Crippen LogP contribution in [0.2, 0.25) is 0 Å². The van der Waals surface area contributed by atoms with Crippen molar-refractivity contribution in [2.45, 2.75) is 39.8 Å². The van der Waals surface area contributed by atoms with Crippen molar-refractivity contribution in [1.29, 1.82) is 0 Å².